The summed E-state index contributed by atoms with van der Waals surface area (Å²) in [4.78, 5) is 0. The molecule has 0 bridgehead atoms. The molecule has 0 heterocycles. The highest BCUT2D eigenvalue weighted by atomic mass is 35.5. The fourth-order valence-electron chi connectivity index (χ4n) is 2.04. The Morgan fingerprint density at radius 3 is 2.14 bits per heavy atom. The first-order valence-electron chi connectivity index (χ1n) is 6.10. The number of methoxy groups -OCH3 is 2. The predicted molar refractivity (Wildman–Crippen MR) is 87.0 cm³/mol. The van der Waals surface area contributed by atoms with Gasteiger partial charge in [-0.1, -0.05) is 46.9 Å². The summed E-state index contributed by atoms with van der Waals surface area (Å²) < 4.78 is 10.5. The number of nitrogens with two attached hydrogens (primary N) is 1. The average molecular weight is 347 g/mol. The molecule has 2 N–H and O–H groups in total. The Balaban J connectivity index is 2.53. The molecule has 0 aliphatic rings. The maximum atomic E-state index is 6.28. The zero-order chi connectivity index (χ0) is 15.6. The number of hydrogen-bond acceptors (Lipinski definition) is 3. The van der Waals surface area contributed by atoms with E-state index in [0.29, 0.717) is 37.7 Å². The highest BCUT2D eigenvalue weighted by Gasteiger charge is 2.19. The number of benzene rings is 2. The lowest BCUT2D eigenvalue weighted by atomic mass is 9.99. The van der Waals surface area contributed by atoms with Gasteiger partial charge in [0.05, 0.1) is 30.3 Å². The Hall–Kier alpha value is -1.13. The molecule has 1 unspecified atom stereocenters. The van der Waals surface area contributed by atoms with Crippen LogP contribution in [0.2, 0.25) is 15.1 Å². The van der Waals surface area contributed by atoms with E-state index in [0.717, 1.165) is 0 Å². The Morgan fingerprint density at radius 1 is 0.905 bits per heavy atom. The molecule has 1 atom stereocenters. The van der Waals surface area contributed by atoms with E-state index in [1.807, 2.05) is 6.07 Å². The summed E-state index contributed by atoms with van der Waals surface area (Å²) in [6.07, 6.45) is 0. The van der Waals surface area contributed by atoms with Crippen LogP contribution >= 0.6 is 34.8 Å². The molecule has 2 aromatic carbocycles. The summed E-state index contributed by atoms with van der Waals surface area (Å²) in [7, 11) is 3.09. The second kappa shape index (κ2) is 6.75. The molecule has 6 heteroatoms. The average Bonchev–Trinajstić information content (AvgIpc) is 2.49. The minimum atomic E-state index is -0.525. The third-order valence-electron chi connectivity index (χ3n) is 3.15. The van der Waals surface area contributed by atoms with Crippen molar-refractivity contribution in [1.29, 1.82) is 0 Å². The van der Waals surface area contributed by atoms with Crippen molar-refractivity contribution in [1.82, 2.24) is 0 Å². The summed E-state index contributed by atoms with van der Waals surface area (Å²) in [5.41, 5.74) is 7.65. The van der Waals surface area contributed by atoms with Crippen molar-refractivity contribution in [2.45, 2.75) is 6.04 Å². The van der Waals surface area contributed by atoms with Gasteiger partial charge in [0.25, 0.3) is 0 Å². The first-order chi connectivity index (χ1) is 9.99. The molecular weight excluding hydrogens is 333 g/mol. The van der Waals surface area contributed by atoms with E-state index < -0.39 is 6.04 Å². The highest BCUT2D eigenvalue weighted by molar-refractivity contribution is 6.42. The summed E-state index contributed by atoms with van der Waals surface area (Å²) in [5, 5.41) is 1.33. The molecule has 3 nitrogen and oxygen atoms in total. The largest absolute Gasteiger partial charge is 0.493 e. The van der Waals surface area contributed by atoms with Crippen molar-refractivity contribution in [3.63, 3.8) is 0 Å². The van der Waals surface area contributed by atoms with Gasteiger partial charge in [-0.15, -0.1) is 0 Å². The zero-order valence-electron chi connectivity index (χ0n) is 11.5. The molecule has 0 aliphatic heterocycles. The maximum absolute atomic E-state index is 6.28. The summed E-state index contributed by atoms with van der Waals surface area (Å²) in [6, 6.07) is 8.18. The van der Waals surface area contributed by atoms with E-state index in [4.69, 9.17) is 50.0 Å². The quantitative estimate of drug-likeness (QED) is 0.871. The fourth-order valence-corrected chi connectivity index (χ4v) is 2.73. The molecule has 0 aliphatic carbocycles. The van der Waals surface area contributed by atoms with Gasteiger partial charge in [0.1, 0.15) is 0 Å². The van der Waals surface area contributed by atoms with Crippen LogP contribution in [0.5, 0.6) is 11.5 Å². The van der Waals surface area contributed by atoms with Gasteiger partial charge in [0, 0.05) is 11.1 Å². The molecule has 21 heavy (non-hydrogen) atoms. The number of hydrogen-bond donors (Lipinski definition) is 1. The Bertz CT molecular complexity index is 662. The van der Waals surface area contributed by atoms with Crippen LogP contribution in [0.3, 0.4) is 0 Å². The van der Waals surface area contributed by atoms with E-state index >= 15 is 0 Å². The summed E-state index contributed by atoms with van der Waals surface area (Å²) in [5.74, 6) is 1.08. The Kier molecular flexibility index (Phi) is 5.22. The van der Waals surface area contributed by atoms with Crippen LogP contribution in [0, 0.1) is 0 Å². The van der Waals surface area contributed by atoms with Crippen molar-refractivity contribution >= 4 is 34.8 Å². The lowest BCUT2D eigenvalue weighted by Crippen LogP contribution is -2.13. The molecule has 0 radical (unpaired) electrons. The molecule has 0 aromatic heterocycles. The van der Waals surface area contributed by atoms with Gasteiger partial charge < -0.3 is 15.2 Å². The molecule has 2 rings (SSSR count). The number of halogens is 3. The lowest BCUT2D eigenvalue weighted by molar-refractivity contribution is 0.354. The van der Waals surface area contributed by atoms with Gasteiger partial charge >= 0.3 is 0 Å². The molecule has 0 fully saturated rings. The van der Waals surface area contributed by atoms with Gasteiger partial charge in [-0.05, 0) is 23.3 Å². The minimum Gasteiger partial charge on any atom is -0.493 e. The second-order valence-corrected chi connectivity index (χ2v) is 5.54. The molecule has 112 valence electrons. The summed E-state index contributed by atoms with van der Waals surface area (Å²) in [6.45, 7) is 0. The van der Waals surface area contributed by atoms with Gasteiger partial charge in [0.15, 0.2) is 11.5 Å². The van der Waals surface area contributed by atoms with Crippen molar-refractivity contribution in [3.05, 3.63) is 56.5 Å². The standard InChI is InChI=1S/C15H14Cl3NO2/c1-20-12-6-9(11(17)7-13(12)21-2)15(19)8-4-3-5-10(16)14(8)18/h3-7,15H,19H2,1-2H3. The normalized spacial score (nSPS) is 12.1. The van der Waals surface area contributed by atoms with Crippen LogP contribution in [0.4, 0.5) is 0 Å². The first-order valence-corrected chi connectivity index (χ1v) is 7.23. The number of rotatable bonds is 4. The molecular formula is C15H14Cl3NO2. The van der Waals surface area contributed by atoms with E-state index in [1.165, 1.54) is 0 Å². The van der Waals surface area contributed by atoms with Crippen LogP contribution in [-0.2, 0) is 0 Å². The van der Waals surface area contributed by atoms with Crippen LogP contribution in [0.1, 0.15) is 17.2 Å². The summed E-state index contributed by atoms with van der Waals surface area (Å²) >= 11 is 18.5. The maximum Gasteiger partial charge on any atom is 0.162 e. The van der Waals surface area contributed by atoms with Crippen LogP contribution in [0.25, 0.3) is 0 Å². The lowest BCUT2D eigenvalue weighted by Gasteiger charge is -2.18. The van der Waals surface area contributed by atoms with Crippen molar-refractivity contribution in [2.75, 3.05) is 14.2 Å². The third-order valence-corrected chi connectivity index (χ3v) is 4.32. The molecule has 0 saturated heterocycles. The smallest absolute Gasteiger partial charge is 0.162 e. The van der Waals surface area contributed by atoms with Crippen LogP contribution in [0.15, 0.2) is 30.3 Å². The highest BCUT2D eigenvalue weighted by Crippen LogP contribution is 2.39. The van der Waals surface area contributed by atoms with Crippen LogP contribution < -0.4 is 15.2 Å². The molecule has 0 spiro atoms. The Morgan fingerprint density at radius 2 is 1.52 bits per heavy atom. The van der Waals surface area contributed by atoms with Crippen molar-refractivity contribution < 1.29 is 9.47 Å². The topological polar surface area (TPSA) is 44.5 Å². The minimum absolute atomic E-state index is 0.414. The van der Waals surface area contributed by atoms with Gasteiger partial charge in [-0.3, -0.25) is 0 Å². The zero-order valence-corrected chi connectivity index (χ0v) is 13.8. The van der Waals surface area contributed by atoms with Gasteiger partial charge in [-0.2, -0.15) is 0 Å². The number of ether oxygens (including phenoxy) is 2. The molecule has 0 saturated carbocycles. The Labute approximate surface area is 138 Å². The van der Waals surface area contributed by atoms with E-state index in [2.05, 4.69) is 0 Å². The van der Waals surface area contributed by atoms with E-state index in [9.17, 15) is 0 Å². The second-order valence-electron chi connectivity index (χ2n) is 4.35. The van der Waals surface area contributed by atoms with Crippen molar-refractivity contribution in [2.24, 2.45) is 5.73 Å². The van der Waals surface area contributed by atoms with E-state index in [-0.39, 0.29) is 0 Å². The SMILES string of the molecule is COc1cc(Cl)c(C(N)c2cccc(Cl)c2Cl)cc1OC. The predicted octanol–water partition coefficient (Wildman–Crippen LogP) is 4.71. The van der Waals surface area contributed by atoms with Gasteiger partial charge in [-0.25, -0.2) is 0 Å². The molecule has 0 amide bonds. The van der Waals surface area contributed by atoms with Crippen molar-refractivity contribution in [3.8, 4) is 11.5 Å². The van der Waals surface area contributed by atoms with Gasteiger partial charge in [0.2, 0.25) is 0 Å². The molecule has 2 aromatic rings. The van der Waals surface area contributed by atoms with Crippen LogP contribution in [-0.4, -0.2) is 14.2 Å². The fraction of sp³-hybridized carbons (Fsp3) is 0.200. The first kappa shape index (κ1) is 16.2. The third kappa shape index (κ3) is 3.22. The monoisotopic (exact) mass is 345 g/mol. The van der Waals surface area contributed by atoms with E-state index in [1.54, 1.807) is 38.5 Å².